The van der Waals surface area contributed by atoms with Gasteiger partial charge >= 0.3 is 5.97 Å². The lowest BCUT2D eigenvalue weighted by Crippen LogP contribution is -2.23. The molecule has 2 aromatic carbocycles. The minimum atomic E-state index is -0.601. The average Bonchev–Trinajstić information content (AvgIpc) is 3.16. The molecule has 0 aliphatic carbocycles. The number of methoxy groups -OCH3 is 1. The molecule has 0 unspecified atom stereocenters. The Labute approximate surface area is 163 Å². The van der Waals surface area contributed by atoms with E-state index in [4.69, 9.17) is 9.47 Å². The molecule has 1 amide bonds. The van der Waals surface area contributed by atoms with Gasteiger partial charge < -0.3 is 14.4 Å². The van der Waals surface area contributed by atoms with Gasteiger partial charge in [0.15, 0.2) is 12.4 Å². The van der Waals surface area contributed by atoms with Crippen molar-refractivity contribution in [3.8, 4) is 5.75 Å². The first-order chi connectivity index (χ1) is 13.6. The lowest BCUT2D eigenvalue weighted by atomic mass is 10.1. The van der Waals surface area contributed by atoms with Crippen molar-refractivity contribution in [2.75, 3.05) is 25.2 Å². The monoisotopic (exact) mass is 379 g/mol. The summed E-state index contributed by atoms with van der Waals surface area (Å²) >= 11 is 0. The van der Waals surface area contributed by atoms with Gasteiger partial charge in [-0.25, -0.2) is 4.79 Å². The van der Waals surface area contributed by atoms with E-state index in [1.54, 1.807) is 54.5 Å². The van der Waals surface area contributed by atoms with E-state index in [2.05, 4.69) is 0 Å². The molecule has 2 aromatic rings. The number of carbonyl (C=O) groups excluding carboxylic acids is 3. The first-order valence-corrected chi connectivity index (χ1v) is 8.99. The van der Waals surface area contributed by atoms with E-state index in [9.17, 15) is 14.4 Å². The fraction of sp³-hybridized carbons (Fsp3) is 0.227. The van der Waals surface area contributed by atoms with Crippen LogP contribution in [0.4, 0.5) is 5.69 Å². The Morgan fingerprint density at radius 1 is 1.14 bits per heavy atom. The highest BCUT2D eigenvalue weighted by Gasteiger charge is 2.21. The first kappa shape index (κ1) is 19.4. The smallest absolute Gasteiger partial charge is 0.331 e. The van der Waals surface area contributed by atoms with Gasteiger partial charge in [-0.05, 0) is 54.5 Å². The SMILES string of the molecule is COc1cccc(/C=C/C(=O)OCC(=O)c2ccc(N3CCCC3=O)cc2)c1. The Hall–Kier alpha value is -3.41. The summed E-state index contributed by atoms with van der Waals surface area (Å²) in [6, 6.07) is 14.0. The number of esters is 1. The van der Waals surface area contributed by atoms with Gasteiger partial charge in [0, 0.05) is 30.3 Å². The minimum absolute atomic E-state index is 0.0934. The van der Waals surface area contributed by atoms with Crippen LogP contribution in [0.5, 0.6) is 5.75 Å². The van der Waals surface area contributed by atoms with Crippen molar-refractivity contribution in [1.82, 2.24) is 0 Å². The largest absolute Gasteiger partial charge is 0.497 e. The van der Waals surface area contributed by atoms with Crippen LogP contribution in [0.25, 0.3) is 6.08 Å². The van der Waals surface area contributed by atoms with E-state index in [1.165, 1.54) is 6.08 Å². The second-order valence-electron chi connectivity index (χ2n) is 6.34. The third kappa shape index (κ3) is 4.85. The molecule has 144 valence electrons. The van der Waals surface area contributed by atoms with E-state index in [0.29, 0.717) is 24.3 Å². The Balaban J connectivity index is 1.52. The second-order valence-corrected chi connectivity index (χ2v) is 6.34. The van der Waals surface area contributed by atoms with Crippen LogP contribution in [-0.4, -0.2) is 37.9 Å². The van der Waals surface area contributed by atoms with Crippen LogP contribution in [0.1, 0.15) is 28.8 Å². The molecule has 0 atom stereocenters. The molecule has 6 heteroatoms. The molecule has 0 aromatic heterocycles. The van der Waals surface area contributed by atoms with Crippen molar-refractivity contribution in [1.29, 1.82) is 0 Å². The number of amides is 1. The predicted molar refractivity (Wildman–Crippen MR) is 105 cm³/mol. The van der Waals surface area contributed by atoms with E-state index in [1.807, 2.05) is 12.1 Å². The molecule has 1 saturated heterocycles. The van der Waals surface area contributed by atoms with Crippen molar-refractivity contribution in [2.24, 2.45) is 0 Å². The number of Topliss-reactive ketones (excluding diaryl/α,β-unsaturated/α-hetero) is 1. The maximum Gasteiger partial charge on any atom is 0.331 e. The number of ether oxygens (including phenoxy) is 2. The number of carbonyl (C=O) groups is 3. The van der Waals surface area contributed by atoms with Gasteiger partial charge in [0.05, 0.1) is 7.11 Å². The molecule has 0 saturated carbocycles. The Bertz CT molecular complexity index is 901. The number of ketones is 1. The van der Waals surface area contributed by atoms with Gasteiger partial charge in [0.1, 0.15) is 5.75 Å². The van der Waals surface area contributed by atoms with Crippen molar-refractivity contribution >= 4 is 29.4 Å². The third-order valence-corrected chi connectivity index (χ3v) is 4.43. The minimum Gasteiger partial charge on any atom is -0.497 e. The second kappa shape index (κ2) is 8.99. The summed E-state index contributed by atoms with van der Waals surface area (Å²) in [7, 11) is 1.57. The van der Waals surface area contributed by atoms with E-state index in [-0.39, 0.29) is 18.3 Å². The summed E-state index contributed by atoms with van der Waals surface area (Å²) < 4.78 is 10.1. The predicted octanol–water partition coefficient (Wildman–Crippen LogP) is 3.26. The molecule has 1 aliphatic heterocycles. The molecule has 1 heterocycles. The quantitative estimate of drug-likeness (QED) is 0.419. The summed E-state index contributed by atoms with van der Waals surface area (Å²) in [4.78, 5) is 37.5. The van der Waals surface area contributed by atoms with Crippen LogP contribution in [0, 0.1) is 0 Å². The molecule has 0 N–H and O–H groups in total. The lowest BCUT2D eigenvalue weighted by molar-refractivity contribution is -0.136. The van der Waals surface area contributed by atoms with Gasteiger partial charge in [0.2, 0.25) is 5.91 Å². The zero-order chi connectivity index (χ0) is 19.9. The average molecular weight is 379 g/mol. The van der Waals surface area contributed by atoms with Crippen molar-refractivity contribution < 1.29 is 23.9 Å². The van der Waals surface area contributed by atoms with E-state index in [0.717, 1.165) is 17.7 Å². The number of nitrogens with zero attached hydrogens (tertiary/aromatic N) is 1. The highest BCUT2D eigenvalue weighted by atomic mass is 16.5. The molecule has 28 heavy (non-hydrogen) atoms. The van der Waals surface area contributed by atoms with Gasteiger partial charge in [-0.2, -0.15) is 0 Å². The Kier molecular flexibility index (Phi) is 6.22. The van der Waals surface area contributed by atoms with Crippen molar-refractivity contribution in [3.05, 3.63) is 65.7 Å². The van der Waals surface area contributed by atoms with Crippen LogP contribution in [-0.2, 0) is 14.3 Å². The third-order valence-electron chi connectivity index (χ3n) is 4.43. The fourth-order valence-electron chi connectivity index (χ4n) is 2.93. The summed E-state index contributed by atoms with van der Waals surface area (Å²) in [5.74, 6) is -0.126. The molecule has 0 radical (unpaired) electrons. The van der Waals surface area contributed by atoms with E-state index < -0.39 is 5.97 Å². The molecule has 1 fully saturated rings. The summed E-state index contributed by atoms with van der Waals surface area (Å²) in [6.07, 6.45) is 4.26. The maximum absolute atomic E-state index is 12.2. The number of anilines is 1. The molecule has 3 rings (SSSR count). The van der Waals surface area contributed by atoms with Gasteiger partial charge in [-0.1, -0.05) is 12.1 Å². The van der Waals surface area contributed by atoms with Crippen LogP contribution in [0.3, 0.4) is 0 Å². The van der Waals surface area contributed by atoms with Gasteiger partial charge in [-0.3, -0.25) is 9.59 Å². The van der Waals surface area contributed by atoms with Crippen LogP contribution >= 0.6 is 0 Å². The Morgan fingerprint density at radius 2 is 1.93 bits per heavy atom. The highest BCUT2D eigenvalue weighted by molar-refractivity contribution is 6.00. The molecule has 1 aliphatic rings. The summed E-state index contributed by atoms with van der Waals surface area (Å²) in [6.45, 7) is 0.354. The van der Waals surface area contributed by atoms with Crippen LogP contribution < -0.4 is 9.64 Å². The molecule has 0 bridgehead atoms. The standard InChI is InChI=1S/C22H21NO5/c1-27-19-5-2-4-16(14-19)7-12-22(26)28-15-20(24)17-8-10-18(11-9-17)23-13-3-6-21(23)25/h2,4-5,7-12,14H,3,6,13,15H2,1H3/b12-7+. The van der Waals surface area contributed by atoms with E-state index >= 15 is 0 Å². The van der Waals surface area contributed by atoms with Crippen molar-refractivity contribution in [2.45, 2.75) is 12.8 Å². The van der Waals surface area contributed by atoms with Gasteiger partial charge in [0.25, 0.3) is 0 Å². The van der Waals surface area contributed by atoms with Crippen LogP contribution in [0.15, 0.2) is 54.6 Å². The molecule has 6 nitrogen and oxygen atoms in total. The molecular weight excluding hydrogens is 358 g/mol. The number of hydrogen-bond donors (Lipinski definition) is 0. The summed E-state index contributed by atoms with van der Waals surface area (Å²) in [5, 5.41) is 0. The fourth-order valence-corrected chi connectivity index (χ4v) is 2.93. The molecule has 0 spiro atoms. The highest BCUT2D eigenvalue weighted by Crippen LogP contribution is 2.21. The lowest BCUT2D eigenvalue weighted by Gasteiger charge is -2.15. The normalized spacial score (nSPS) is 13.8. The van der Waals surface area contributed by atoms with Crippen LogP contribution in [0.2, 0.25) is 0 Å². The summed E-state index contributed by atoms with van der Waals surface area (Å²) in [5.41, 5.74) is 1.99. The first-order valence-electron chi connectivity index (χ1n) is 8.99. The zero-order valence-electron chi connectivity index (χ0n) is 15.6. The zero-order valence-corrected chi connectivity index (χ0v) is 15.6. The number of hydrogen-bond acceptors (Lipinski definition) is 5. The topological polar surface area (TPSA) is 72.9 Å². The van der Waals surface area contributed by atoms with Gasteiger partial charge in [-0.15, -0.1) is 0 Å². The van der Waals surface area contributed by atoms with Crippen molar-refractivity contribution in [3.63, 3.8) is 0 Å². The Morgan fingerprint density at radius 3 is 2.61 bits per heavy atom. The molecular formula is C22H21NO5. The maximum atomic E-state index is 12.2. The number of rotatable bonds is 7. The number of benzene rings is 2.